The quantitative estimate of drug-likeness (QED) is 0.591. The summed E-state index contributed by atoms with van der Waals surface area (Å²) in [6.07, 6.45) is 1.42. The normalized spacial score (nSPS) is 33.1. The van der Waals surface area contributed by atoms with Crippen LogP contribution >= 0.6 is 0 Å². The Bertz CT molecular complexity index is 226. The van der Waals surface area contributed by atoms with Crippen molar-refractivity contribution in [2.75, 3.05) is 33.3 Å². The molecule has 4 nitrogen and oxygen atoms in total. The van der Waals surface area contributed by atoms with Gasteiger partial charge in [-0.2, -0.15) is 0 Å². The maximum absolute atomic E-state index is 11.2. The van der Waals surface area contributed by atoms with Crippen molar-refractivity contribution in [2.45, 2.75) is 25.5 Å². The maximum Gasteiger partial charge on any atom is 0.219 e. The minimum atomic E-state index is 0.186. The van der Waals surface area contributed by atoms with Crippen molar-refractivity contribution in [3.63, 3.8) is 0 Å². The Morgan fingerprint density at radius 3 is 2.79 bits per heavy atom. The van der Waals surface area contributed by atoms with Crippen LogP contribution < -0.4 is 0 Å². The van der Waals surface area contributed by atoms with E-state index in [1.165, 1.54) is 0 Å². The van der Waals surface area contributed by atoms with Crippen LogP contribution in [0, 0.1) is 0 Å². The van der Waals surface area contributed by atoms with Gasteiger partial charge in [0.05, 0.1) is 12.1 Å². The third-order valence-corrected chi connectivity index (χ3v) is 3.41. The molecule has 0 aliphatic carbocycles. The number of ether oxygens (including phenoxy) is 1. The zero-order valence-electron chi connectivity index (χ0n) is 8.90. The summed E-state index contributed by atoms with van der Waals surface area (Å²) < 4.78 is 5.43. The van der Waals surface area contributed by atoms with E-state index in [9.17, 15) is 4.79 Å². The van der Waals surface area contributed by atoms with E-state index >= 15 is 0 Å². The summed E-state index contributed by atoms with van der Waals surface area (Å²) in [7, 11) is 1.76. The average molecular weight is 198 g/mol. The molecule has 2 heterocycles. The molecule has 80 valence electrons. The highest BCUT2D eigenvalue weighted by Gasteiger charge is 2.38. The van der Waals surface area contributed by atoms with Crippen molar-refractivity contribution in [1.29, 1.82) is 0 Å². The van der Waals surface area contributed by atoms with Gasteiger partial charge in [-0.15, -0.1) is 0 Å². The second-order valence-corrected chi connectivity index (χ2v) is 4.13. The van der Waals surface area contributed by atoms with Crippen LogP contribution in [0.4, 0.5) is 0 Å². The molecule has 0 aromatic rings. The molecule has 2 fully saturated rings. The van der Waals surface area contributed by atoms with Crippen LogP contribution in [-0.2, 0) is 9.53 Å². The molecule has 0 saturated carbocycles. The minimum Gasteiger partial charge on any atom is -0.380 e. The Balaban J connectivity index is 2.01. The molecule has 2 aliphatic heterocycles. The molecule has 2 unspecified atom stereocenters. The van der Waals surface area contributed by atoms with Gasteiger partial charge in [0.1, 0.15) is 0 Å². The highest BCUT2D eigenvalue weighted by Crippen LogP contribution is 2.24. The largest absolute Gasteiger partial charge is 0.380 e. The van der Waals surface area contributed by atoms with Crippen molar-refractivity contribution in [2.24, 2.45) is 0 Å². The van der Waals surface area contributed by atoms with Crippen LogP contribution in [0.3, 0.4) is 0 Å². The van der Waals surface area contributed by atoms with Gasteiger partial charge in [0.25, 0.3) is 0 Å². The monoisotopic (exact) mass is 198 g/mol. The first-order chi connectivity index (χ1) is 6.72. The first-order valence-corrected chi connectivity index (χ1v) is 5.24. The highest BCUT2D eigenvalue weighted by atomic mass is 16.5. The highest BCUT2D eigenvalue weighted by molar-refractivity contribution is 5.73. The van der Waals surface area contributed by atoms with Crippen molar-refractivity contribution >= 4 is 5.91 Å². The van der Waals surface area contributed by atoms with Crippen LogP contribution in [0.15, 0.2) is 0 Å². The summed E-state index contributed by atoms with van der Waals surface area (Å²) in [5, 5.41) is 0. The molecule has 0 aromatic carbocycles. The van der Waals surface area contributed by atoms with Gasteiger partial charge in [0, 0.05) is 40.2 Å². The number of fused-ring (bicyclic) bond motifs is 1. The molecule has 0 bridgehead atoms. The van der Waals surface area contributed by atoms with Gasteiger partial charge in [-0.1, -0.05) is 0 Å². The number of hydrogen-bond acceptors (Lipinski definition) is 3. The van der Waals surface area contributed by atoms with Gasteiger partial charge in [-0.05, 0) is 6.42 Å². The Morgan fingerprint density at radius 1 is 1.36 bits per heavy atom. The standard InChI is InChI=1S/C10H18N2O2/c1-8(13)12-6-5-11-4-3-10(14-2)9(11)7-12/h9-10H,3-7H2,1-2H3. The molecular formula is C10H18N2O2. The van der Waals surface area contributed by atoms with E-state index in [4.69, 9.17) is 4.74 Å². The summed E-state index contributed by atoms with van der Waals surface area (Å²) in [5.74, 6) is 0.186. The molecule has 2 rings (SSSR count). The number of carbonyl (C=O) groups excluding carboxylic acids is 1. The second-order valence-electron chi connectivity index (χ2n) is 4.13. The first kappa shape index (κ1) is 9.93. The van der Waals surface area contributed by atoms with E-state index in [2.05, 4.69) is 4.90 Å². The molecule has 2 saturated heterocycles. The Kier molecular flexibility index (Phi) is 2.74. The molecule has 1 amide bonds. The molecular weight excluding hydrogens is 180 g/mol. The molecule has 0 radical (unpaired) electrons. The van der Waals surface area contributed by atoms with Crippen LogP contribution in [0.1, 0.15) is 13.3 Å². The summed E-state index contributed by atoms with van der Waals surface area (Å²) in [6, 6.07) is 0.428. The van der Waals surface area contributed by atoms with Crippen LogP contribution in [-0.4, -0.2) is 61.1 Å². The van der Waals surface area contributed by atoms with E-state index in [1.807, 2.05) is 4.90 Å². The van der Waals surface area contributed by atoms with Crippen LogP contribution in [0.5, 0.6) is 0 Å². The van der Waals surface area contributed by atoms with Gasteiger partial charge >= 0.3 is 0 Å². The molecule has 0 aromatic heterocycles. The number of amides is 1. The average Bonchev–Trinajstić information content (AvgIpc) is 2.59. The number of nitrogens with zero attached hydrogens (tertiary/aromatic N) is 2. The molecule has 2 atom stereocenters. The lowest BCUT2D eigenvalue weighted by Crippen LogP contribution is -2.54. The van der Waals surface area contributed by atoms with E-state index in [0.717, 1.165) is 32.6 Å². The number of hydrogen-bond donors (Lipinski definition) is 0. The van der Waals surface area contributed by atoms with Gasteiger partial charge in [-0.3, -0.25) is 9.69 Å². The lowest BCUT2D eigenvalue weighted by atomic mass is 10.1. The Labute approximate surface area is 84.8 Å². The zero-order valence-corrected chi connectivity index (χ0v) is 8.90. The number of rotatable bonds is 1. The molecule has 0 spiro atoms. The fourth-order valence-corrected chi connectivity index (χ4v) is 2.52. The molecule has 0 N–H and O–H groups in total. The van der Waals surface area contributed by atoms with E-state index in [1.54, 1.807) is 14.0 Å². The second kappa shape index (κ2) is 3.87. The van der Waals surface area contributed by atoms with E-state index in [-0.39, 0.29) is 5.91 Å². The maximum atomic E-state index is 11.2. The minimum absolute atomic E-state index is 0.186. The van der Waals surface area contributed by atoms with Gasteiger partial charge in [0.15, 0.2) is 0 Å². The third-order valence-electron chi connectivity index (χ3n) is 3.41. The van der Waals surface area contributed by atoms with Crippen molar-refractivity contribution in [3.8, 4) is 0 Å². The van der Waals surface area contributed by atoms with Crippen LogP contribution in [0.2, 0.25) is 0 Å². The van der Waals surface area contributed by atoms with E-state index in [0.29, 0.717) is 12.1 Å². The fourth-order valence-electron chi connectivity index (χ4n) is 2.52. The molecule has 4 heteroatoms. The number of carbonyl (C=O) groups is 1. The molecule has 2 aliphatic rings. The predicted octanol–water partition coefficient (Wildman–Crippen LogP) is -0.0622. The van der Waals surface area contributed by atoms with Crippen molar-refractivity contribution < 1.29 is 9.53 Å². The van der Waals surface area contributed by atoms with E-state index < -0.39 is 0 Å². The smallest absolute Gasteiger partial charge is 0.219 e. The van der Waals surface area contributed by atoms with Gasteiger partial charge in [0.2, 0.25) is 5.91 Å². The van der Waals surface area contributed by atoms with Crippen molar-refractivity contribution in [3.05, 3.63) is 0 Å². The number of piperazine rings is 1. The van der Waals surface area contributed by atoms with Crippen molar-refractivity contribution in [1.82, 2.24) is 9.80 Å². The predicted molar refractivity (Wildman–Crippen MR) is 53.0 cm³/mol. The first-order valence-electron chi connectivity index (χ1n) is 5.24. The van der Waals surface area contributed by atoms with Gasteiger partial charge in [-0.25, -0.2) is 0 Å². The summed E-state index contributed by atoms with van der Waals surface area (Å²) >= 11 is 0. The third kappa shape index (κ3) is 1.64. The fraction of sp³-hybridized carbons (Fsp3) is 0.900. The van der Waals surface area contributed by atoms with Gasteiger partial charge < -0.3 is 9.64 Å². The Hall–Kier alpha value is -0.610. The summed E-state index contributed by atoms with van der Waals surface area (Å²) in [4.78, 5) is 15.6. The molecule has 14 heavy (non-hydrogen) atoms. The Morgan fingerprint density at radius 2 is 2.14 bits per heavy atom. The topological polar surface area (TPSA) is 32.8 Å². The summed E-state index contributed by atoms with van der Waals surface area (Å²) in [5.41, 5.74) is 0. The summed E-state index contributed by atoms with van der Waals surface area (Å²) in [6.45, 7) is 5.49. The number of methoxy groups -OCH3 is 1. The lowest BCUT2D eigenvalue weighted by molar-refractivity contribution is -0.132. The zero-order chi connectivity index (χ0) is 10.1. The van der Waals surface area contributed by atoms with Crippen LogP contribution in [0.25, 0.3) is 0 Å². The SMILES string of the molecule is COC1CCN2CCN(C(C)=O)CC12. The lowest BCUT2D eigenvalue weighted by Gasteiger charge is -2.38.